The second-order valence-corrected chi connectivity index (χ2v) is 7.24. The van der Waals surface area contributed by atoms with Crippen LogP contribution in [0.4, 0.5) is 0 Å². The predicted octanol–water partition coefficient (Wildman–Crippen LogP) is 3.65. The Bertz CT molecular complexity index is 270. The van der Waals surface area contributed by atoms with Crippen molar-refractivity contribution in [3.8, 4) is 0 Å². The quantitative estimate of drug-likeness (QED) is 0.726. The molecular weight excluding hydrogens is 232 g/mol. The lowest BCUT2D eigenvalue weighted by Crippen LogP contribution is -2.53. The monoisotopic (exact) mass is 266 g/mol. The van der Waals surface area contributed by atoms with Crippen LogP contribution < -0.4 is 5.73 Å². The Morgan fingerprint density at radius 3 is 2.21 bits per heavy atom. The first-order chi connectivity index (χ1) is 9.15. The number of hydrogen-bond acceptors (Lipinski definition) is 2. The van der Waals surface area contributed by atoms with E-state index in [1.807, 2.05) is 0 Å². The standard InChI is InChI=1S/C17H34N2/c1-4-8-17(13-18,9-5-2)19(3)12-16-11-14-6-7-15(16)10-14/h14-16H,4-13,18H2,1-3H3. The van der Waals surface area contributed by atoms with E-state index >= 15 is 0 Å². The van der Waals surface area contributed by atoms with Gasteiger partial charge in [-0.3, -0.25) is 4.90 Å². The molecule has 2 bridgehead atoms. The number of likely N-dealkylation sites (N-methyl/N-ethyl adjacent to an activating group) is 1. The molecule has 2 aliphatic rings. The average Bonchev–Trinajstić information content (AvgIpc) is 3.00. The molecule has 0 aromatic carbocycles. The SMILES string of the molecule is CCCC(CN)(CCC)N(C)CC1CC2CCC1C2. The minimum Gasteiger partial charge on any atom is -0.329 e. The highest BCUT2D eigenvalue weighted by atomic mass is 15.2. The van der Waals surface area contributed by atoms with Crippen LogP contribution in [0.25, 0.3) is 0 Å². The Hall–Kier alpha value is -0.0800. The number of fused-ring (bicyclic) bond motifs is 2. The van der Waals surface area contributed by atoms with Gasteiger partial charge >= 0.3 is 0 Å². The van der Waals surface area contributed by atoms with Crippen LogP contribution in [0.1, 0.15) is 65.2 Å². The number of nitrogens with two attached hydrogens (primary N) is 1. The predicted molar refractivity (Wildman–Crippen MR) is 83.2 cm³/mol. The summed E-state index contributed by atoms with van der Waals surface area (Å²) in [5.74, 6) is 3.06. The summed E-state index contributed by atoms with van der Waals surface area (Å²) in [5, 5.41) is 0. The zero-order valence-corrected chi connectivity index (χ0v) is 13.3. The van der Waals surface area contributed by atoms with Crippen molar-refractivity contribution < 1.29 is 0 Å². The molecule has 0 aromatic rings. The van der Waals surface area contributed by atoms with E-state index < -0.39 is 0 Å². The van der Waals surface area contributed by atoms with Crippen LogP contribution in [0.2, 0.25) is 0 Å². The molecule has 0 radical (unpaired) electrons. The molecule has 19 heavy (non-hydrogen) atoms. The van der Waals surface area contributed by atoms with Crippen LogP contribution in [0.3, 0.4) is 0 Å². The van der Waals surface area contributed by atoms with E-state index in [1.165, 1.54) is 57.9 Å². The van der Waals surface area contributed by atoms with Crippen LogP contribution in [0, 0.1) is 17.8 Å². The molecule has 0 heterocycles. The first kappa shape index (κ1) is 15.3. The number of nitrogens with zero attached hydrogens (tertiary/aromatic N) is 1. The molecule has 112 valence electrons. The van der Waals surface area contributed by atoms with Gasteiger partial charge in [0.1, 0.15) is 0 Å². The Labute approximate surface area is 120 Å². The van der Waals surface area contributed by atoms with Crippen LogP contribution >= 0.6 is 0 Å². The minimum absolute atomic E-state index is 0.269. The van der Waals surface area contributed by atoms with Crippen molar-refractivity contribution in [2.45, 2.75) is 70.8 Å². The van der Waals surface area contributed by atoms with Crippen molar-refractivity contribution in [2.75, 3.05) is 20.1 Å². The van der Waals surface area contributed by atoms with Crippen molar-refractivity contribution in [1.29, 1.82) is 0 Å². The summed E-state index contributed by atoms with van der Waals surface area (Å²) in [7, 11) is 2.34. The molecule has 2 rings (SSSR count). The van der Waals surface area contributed by atoms with Gasteiger partial charge in [0.25, 0.3) is 0 Å². The molecule has 0 saturated heterocycles. The first-order valence-corrected chi connectivity index (χ1v) is 8.56. The molecule has 3 atom stereocenters. The van der Waals surface area contributed by atoms with Gasteiger partial charge in [-0.2, -0.15) is 0 Å². The van der Waals surface area contributed by atoms with Gasteiger partial charge in [0, 0.05) is 18.6 Å². The van der Waals surface area contributed by atoms with E-state index in [9.17, 15) is 0 Å². The molecule has 0 aromatic heterocycles. The Balaban J connectivity index is 1.96. The summed E-state index contributed by atoms with van der Waals surface area (Å²) in [4.78, 5) is 2.64. The van der Waals surface area contributed by atoms with Crippen LogP contribution in [0.15, 0.2) is 0 Å². The number of hydrogen-bond donors (Lipinski definition) is 1. The number of rotatable bonds is 8. The summed E-state index contributed by atoms with van der Waals surface area (Å²) in [6.45, 7) is 6.71. The molecule has 0 aliphatic heterocycles. The van der Waals surface area contributed by atoms with Gasteiger partial charge in [0.05, 0.1) is 0 Å². The van der Waals surface area contributed by atoms with Gasteiger partial charge in [-0.1, -0.05) is 33.1 Å². The molecule has 0 spiro atoms. The largest absolute Gasteiger partial charge is 0.329 e. The van der Waals surface area contributed by atoms with Crippen LogP contribution in [-0.4, -0.2) is 30.6 Å². The lowest BCUT2D eigenvalue weighted by atomic mass is 9.83. The molecule has 2 heteroatoms. The first-order valence-electron chi connectivity index (χ1n) is 8.56. The lowest BCUT2D eigenvalue weighted by Gasteiger charge is -2.43. The van der Waals surface area contributed by atoms with E-state index in [2.05, 4.69) is 25.8 Å². The van der Waals surface area contributed by atoms with Gasteiger partial charge in [-0.05, 0) is 56.9 Å². The summed E-state index contributed by atoms with van der Waals surface area (Å²) in [6.07, 6.45) is 11.0. The maximum Gasteiger partial charge on any atom is 0.0328 e. The topological polar surface area (TPSA) is 29.3 Å². The van der Waals surface area contributed by atoms with E-state index in [4.69, 9.17) is 5.73 Å². The smallest absolute Gasteiger partial charge is 0.0328 e. The highest BCUT2D eigenvalue weighted by molar-refractivity contribution is 4.95. The van der Waals surface area contributed by atoms with Crippen LogP contribution in [0.5, 0.6) is 0 Å². The van der Waals surface area contributed by atoms with E-state index in [1.54, 1.807) is 0 Å². The summed E-state index contributed by atoms with van der Waals surface area (Å²) >= 11 is 0. The second kappa shape index (κ2) is 6.58. The third-order valence-corrected chi connectivity index (χ3v) is 6.01. The normalized spacial score (nSPS) is 30.5. The molecule has 2 fully saturated rings. The fourth-order valence-electron chi connectivity index (χ4n) is 4.94. The molecular formula is C17H34N2. The van der Waals surface area contributed by atoms with Gasteiger partial charge < -0.3 is 5.73 Å². The third-order valence-electron chi connectivity index (χ3n) is 6.01. The van der Waals surface area contributed by atoms with Gasteiger partial charge in [-0.25, -0.2) is 0 Å². The molecule has 2 nitrogen and oxygen atoms in total. The summed E-state index contributed by atoms with van der Waals surface area (Å²) in [5.41, 5.74) is 6.46. The van der Waals surface area contributed by atoms with Crippen molar-refractivity contribution in [3.05, 3.63) is 0 Å². The fourth-order valence-corrected chi connectivity index (χ4v) is 4.94. The lowest BCUT2D eigenvalue weighted by molar-refractivity contribution is 0.0736. The van der Waals surface area contributed by atoms with E-state index in [0.717, 1.165) is 24.3 Å². The zero-order chi connectivity index (χ0) is 13.9. The molecule has 0 amide bonds. The summed E-state index contributed by atoms with van der Waals surface area (Å²) in [6, 6.07) is 0. The minimum atomic E-state index is 0.269. The second-order valence-electron chi connectivity index (χ2n) is 7.24. The fraction of sp³-hybridized carbons (Fsp3) is 1.00. The summed E-state index contributed by atoms with van der Waals surface area (Å²) < 4.78 is 0. The average molecular weight is 266 g/mol. The van der Waals surface area contributed by atoms with Gasteiger partial charge in [0.2, 0.25) is 0 Å². The van der Waals surface area contributed by atoms with E-state index in [-0.39, 0.29) is 5.54 Å². The third kappa shape index (κ3) is 3.16. The zero-order valence-electron chi connectivity index (χ0n) is 13.3. The molecule has 2 N–H and O–H groups in total. The molecule has 2 saturated carbocycles. The highest BCUT2D eigenvalue weighted by Gasteiger charge is 2.41. The Morgan fingerprint density at radius 1 is 1.11 bits per heavy atom. The van der Waals surface area contributed by atoms with E-state index in [0.29, 0.717) is 0 Å². The van der Waals surface area contributed by atoms with Gasteiger partial charge in [-0.15, -0.1) is 0 Å². The van der Waals surface area contributed by atoms with Crippen LogP contribution in [-0.2, 0) is 0 Å². The van der Waals surface area contributed by atoms with Crippen molar-refractivity contribution >= 4 is 0 Å². The molecule has 3 unspecified atom stereocenters. The van der Waals surface area contributed by atoms with Crippen molar-refractivity contribution in [2.24, 2.45) is 23.5 Å². The van der Waals surface area contributed by atoms with Crippen molar-refractivity contribution in [3.63, 3.8) is 0 Å². The van der Waals surface area contributed by atoms with Crippen molar-refractivity contribution in [1.82, 2.24) is 4.90 Å². The van der Waals surface area contributed by atoms with Gasteiger partial charge in [0.15, 0.2) is 0 Å². The highest BCUT2D eigenvalue weighted by Crippen LogP contribution is 2.48. The Kier molecular flexibility index (Phi) is 5.30. The Morgan fingerprint density at radius 2 is 1.79 bits per heavy atom. The molecule has 2 aliphatic carbocycles. The maximum absolute atomic E-state index is 6.19. The maximum atomic E-state index is 6.19.